The third-order valence-corrected chi connectivity index (χ3v) is 5.73. The lowest BCUT2D eigenvalue weighted by atomic mass is 9.95. The zero-order valence-corrected chi connectivity index (χ0v) is 15.9. The number of rotatable bonds is 4. The summed E-state index contributed by atoms with van der Waals surface area (Å²) < 4.78 is 15.0. The summed E-state index contributed by atoms with van der Waals surface area (Å²) in [4.78, 5) is 26.2. The van der Waals surface area contributed by atoms with Gasteiger partial charge in [-0.25, -0.2) is 4.39 Å². The Morgan fingerprint density at radius 1 is 1.14 bits per heavy atom. The molecule has 1 atom stereocenters. The Morgan fingerprint density at radius 3 is 2.54 bits per heavy atom. The maximum atomic E-state index is 13.0. The first-order valence-electron chi connectivity index (χ1n) is 9.74. The number of nitrogens with zero attached hydrogens (tertiary/aromatic N) is 4. The molecule has 2 amide bonds. The molecule has 0 aliphatic carbocycles. The highest BCUT2D eigenvalue weighted by Crippen LogP contribution is 2.34. The second kappa shape index (κ2) is 7.69. The van der Waals surface area contributed by atoms with Crippen molar-refractivity contribution in [2.75, 3.05) is 13.1 Å². The molecule has 1 N–H and O–H groups in total. The maximum absolute atomic E-state index is 13.0. The summed E-state index contributed by atoms with van der Waals surface area (Å²) in [7, 11) is 0. The Kier molecular flexibility index (Phi) is 5.11. The van der Waals surface area contributed by atoms with Gasteiger partial charge in [-0.2, -0.15) is 0 Å². The number of aryl methyl sites for hydroxylation is 1. The van der Waals surface area contributed by atoms with Crippen LogP contribution in [0.5, 0.6) is 0 Å². The van der Waals surface area contributed by atoms with E-state index in [0.29, 0.717) is 26.1 Å². The fourth-order valence-corrected chi connectivity index (χ4v) is 4.13. The number of halogens is 1. The fourth-order valence-electron chi connectivity index (χ4n) is 4.13. The van der Waals surface area contributed by atoms with Gasteiger partial charge in [0.15, 0.2) is 0 Å². The molecule has 0 bridgehead atoms. The van der Waals surface area contributed by atoms with Crippen LogP contribution in [0.4, 0.5) is 4.39 Å². The summed E-state index contributed by atoms with van der Waals surface area (Å²) in [5.41, 5.74) is 0.855. The zero-order chi connectivity index (χ0) is 19.7. The Balaban J connectivity index is 1.44. The van der Waals surface area contributed by atoms with E-state index in [2.05, 4.69) is 15.5 Å². The van der Waals surface area contributed by atoms with Crippen molar-refractivity contribution in [2.45, 2.75) is 51.1 Å². The van der Waals surface area contributed by atoms with Crippen molar-refractivity contribution in [3.63, 3.8) is 0 Å². The second-order valence-corrected chi connectivity index (χ2v) is 7.52. The summed E-state index contributed by atoms with van der Waals surface area (Å²) in [6.07, 6.45) is 3.11. The van der Waals surface area contributed by atoms with Crippen LogP contribution in [0, 0.1) is 5.82 Å². The van der Waals surface area contributed by atoms with Gasteiger partial charge in [-0.05, 0) is 37.0 Å². The number of aromatic nitrogens is 3. The van der Waals surface area contributed by atoms with Crippen LogP contribution < -0.4 is 5.32 Å². The van der Waals surface area contributed by atoms with Crippen molar-refractivity contribution in [1.82, 2.24) is 25.0 Å². The van der Waals surface area contributed by atoms with Crippen LogP contribution in [0.2, 0.25) is 0 Å². The van der Waals surface area contributed by atoms with E-state index in [-0.39, 0.29) is 29.6 Å². The van der Waals surface area contributed by atoms with Crippen molar-refractivity contribution in [1.29, 1.82) is 0 Å². The van der Waals surface area contributed by atoms with E-state index in [4.69, 9.17) is 0 Å². The number of likely N-dealkylation sites (tertiary alicyclic amines) is 1. The Bertz CT molecular complexity index is 871. The Hall–Kier alpha value is -2.77. The molecular formula is C20H24FN5O2. The molecule has 28 heavy (non-hydrogen) atoms. The van der Waals surface area contributed by atoms with Gasteiger partial charge in [-0.15, -0.1) is 10.2 Å². The van der Waals surface area contributed by atoms with Crippen LogP contribution in [0.25, 0.3) is 0 Å². The molecular weight excluding hydrogens is 361 g/mol. The SMILES string of the molecule is CC(=O)N1CCC(c2nnc3n2C(C(=O)NCc2ccc(F)cc2)CC3)CC1. The molecule has 0 radical (unpaired) electrons. The molecule has 0 spiro atoms. The van der Waals surface area contributed by atoms with Gasteiger partial charge in [-0.3, -0.25) is 9.59 Å². The molecule has 2 aromatic rings. The summed E-state index contributed by atoms with van der Waals surface area (Å²) in [6, 6.07) is 5.80. The zero-order valence-electron chi connectivity index (χ0n) is 15.9. The van der Waals surface area contributed by atoms with Crippen LogP contribution in [-0.4, -0.2) is 44.6 Å². The van der Waals surface area contributed by atoms with E-state index in [1.165, 1.54) is 12.1 Å². The van der Waals surface area contributed by atoms with Gasteiger partial charge in [0.1, 0.15) is 23.5 Å². The van der Waals surface area contributed by atoms with Gasteiger partial charge >= 0.3 is 0 Å². The number of amides is 2. The van der Waals surface area contributed by atoms with Crippen LogP contribution in [0.1, 0.15) is 55.4 Å². The Labute approximate surface area is 162 Å². The van der Waals surface area contributed by atoms with E-state index in [0.717, 1.165) is 36.5 Å². The minimum absolute atomic E-state index is 0.0645. The largest absolute Gasteiger partial charge is 0.350 e. The molecule has 1 unspecified atom stereocenters. The first kappa shape index (κ1) is 18.6. The average Bonchev–Trinajstić information content (AvgIpc) is 3.29. The minimum Gasteiger partial charge on any atom is -0.350 e. The van der Waals surface area contributed by atoms with E-state index in [1.807, 2.05) is 9.47 Å². The second-order valence-electron chi connectivity index (χ2n) is 7.52. The number of carbonyl (C=O) groups is 2. The monoisotopic (exact) mass is 385 g/mol. The van der Waals surface area contributed by atoms with Gasteiger partial charge in [0.25, 0.3) is 0 Å². The third kappa shape index (κ3) is 3.63. The Morgan fingerprint density at radius 2 is 1.86 bits per heavy atom. The smallest absolute Gasteiger partial charge is 0.243 e. The van der Waals surface area contributed by atoms with Gasteiger partial charge in [0.05, 0.1) is 0 Å². The number of hydrogen-bond acceptors (Lipinski definition) is 4. The molecule has 4 rings (SSSR count). The minimum atomic E-state index is -0.314. The van der Waals surface area contributed by atoms with Gasteiger partial charge in [-0.1, -0.05) is 12.1 Å². The maximum Gasteiger partial charge on any atom is 0.243 e. The summed E-state index contributed by atoms with van der Waals surface area (Å²) in [5.74, 6) is 1.67. The molecule has 148 valence electrons. The number of hydrogen-bond donors (Lipinski definition) is 1. The highest BCUT2D eigenvalue weighted by molar-refractivity contribution is 5.81. The third-order valence-electron chi connectivity index (χ3n) is 5.73. The standard InChI is InChI=1S/C20H24FN5O2/c1-13(27)25-10-8-15(9-11-25)19-24-23-18-7-6-17(26(18)19)20(28)22-12-14-2-4-16(21)5-3-14/h2-5,15,17H,6-12H2,1H3,(H,22,28). The van der Waals surface area contributed by atoms with Crippen molar-refractivity contribution >= 4 is 11.8 Å². The molecule has 8 heteroatoms. The lowest BCUT2D eigenvalue weighted by Crippen LogP contribution is -2.37. The molecule has 7 nitrogen and oxygen atoms in total. The molecule has 1 saturated heterocycles. The summed E-state index contributed by atoms with van der Waals surface area (Å²) in [5, 5.41) is 11.6. The number of piperidine rings is 1. The number of fused-ring (bicyclic) bond motifs is 1. The first-order valence-corrected chi connectivity index (χ1v) is 9.74. The van der Waals surface area contributed by atoms with E-state index in [9.17, 15) is 14.0 Å². The van der Waals surface area contributed by atoms with Gasteiger partial charge in [0.2, 0.25) is 11.8 Å². The normalized spacial score (nSPS) is 19.5. The number of carbonyl (C=O) groups excluding carboxylic acids is 2. The molecule has 1 aromatic heterocycles. The molecule has 2 aliphatic rings. The first-order chi connectivity index (χ1) is 13.5. The highest BCUT2D eigenvalue weighted by atomic mass is 19.1. The molecule has 1 fully saturated rings. The van der Waals surface area contributed by atoms with Crippen molar-refractivity contribution in [3.05, 3.63) is 47.3 Å². The van der Waals surface area contributed by atoms with Gasteiger partial charge in [0, 0.05) is 38.9 Å². The number of benzene rings is 1. The van der Waals surface area contributed by atoms with Crippen molar-refractivity contribution in [2.24, 2.45) is 0 Å². The highest BCUT2D eigenvalue weighted by Gasteiger charge is 2.35. The van der Waals surface area contributed by atoms with Gasteiger partial charge < -0.3 is 14.8 Å². The lowest BCUT2D eigenvalue weighted by Gasteiger charge is -2.31. The average molecular weight is 385 g/mol. The molecule has 0 saturated carbocycles. The predicted octanol–water partition coefficient (Wildman–Crippen LogP) is 1.95. The van der Waals surface area contributed by atoms with E-state index < -0.39 is 0 Å². The van der Waals surface area contributed by atoms with Crippen LogP contribution >= 0.6 is 0 Å². The summed E-state index contributed by atoms with van der Waals surface area (Å²) in [6.45, 7) is 3.38. The number of nitrogens with one attached hydrogen (secondary N) is 1. The topological polar surface area (TPSA) is 80.1 Å². The van der Waals surface area contributed by atoms with Crippen LogP contribution in [0.3, 0.4) is 0 Å². The molecule has 1 aromatic carbocycles. The quantitative estimate of drug-likeness (QED) is 0.872. The van der Waals surface area contributed by atoms with Crippen molar-refractivity contribution in [3.8, 4) is 0 Å². The lowest BCUT2D eigenvalue weighted by molar-refractivity contribution is -0.129. The van der Waals surface area contributed by atoms with Crippen molar-refractivity contribution < 1.29 is 14.0 Å². The van der Waals surface area contributed by atoms with Crippen LogP contribution in [-0.2, 0) is 22.6 Å². The molecule has 3 heterocycles. The van der Waals surface area contributed by atoms with E-state index >= 15 is 0 Å². The summed E-state index contributed by atoms with van der Waals surface area (Å²) >= 11 is 0. The predicted molar refractivity (Wildman–Crippen MR) is 99.9 cm³/mol. The molecule has 2 aliphatic heterocycles. The van der Waals surface area contributed by atoms with E-state index in [1.54, 1.807) is 19.1 Å². The van der Waals surface area contributed by atoms with Crippen LogP contribution in [0.15, 0.2) is 24.3 Å². The fraction of sp³-hybridized carbons (Fsp3) is 0.500.